The lowest BCUT2D eigenvalue weighted by atomic mass is 10.0. The molecule has 1 aromatic carbocycles. The summed E-state index contributed by atoms with van der Waals surface area (Å²) in [5.74, 6) is -2.34. The average molecular weight is 434 g/mol. The van der Waals surface area contributed by atoms with Crippen molar-refractivity contribution < 1.29 is 22.7 Å². The number of carbonyl (C=O) groups is 1. The van der Waals surface area contributed by atoms with Gasteiger partial charge in [0.1, 0.15) is 23.3 Å². The van der Waals surface area contributed by atoms with E-state index in [9.17, 15) is 18.0 Å². The van der Waals surface area contributed by atoms with Crippen LogP contribution in [-0.4, -0.2) is 42.1 Å². The molecular formula is C22H25F3N4O2. The van der Waals surface area contributed by atoms with Crippen molar-refractivity contribution in [1.29, 1.82) is 0 Å². The SMILES string of the molecule is Cc1nc(C[C@@H]2CC[C@@H](Oc3cc(F)c(F)c(F)c3)C2)nc2c1N(C)C(=O)[C@H](C)N2C. The molecule has 0 spiro atoms. The van der Waals surface area contributed by atoms with E-state index in [-0.39, 0.29) is 29.7 Å². The Labute approximate surface area is 179 Å². The van der Waals surface area contributed by atoms with Gasteiger partial charge in [-0.1, -0.05) is 0 Å². The van der Waals surface area contributed by atoms with Crippen LogP contribution in [0.2, 0.25) is 0 Å². The van der Waals surface area contributed by atoms with Gasteiger partial charge in [-0.3, -0.25) is 4.79 Å². The maximum Gasteiger partial charge on any atom is 0.249 e. The Hall–Kier alpha value is -2.84. The van der Waals surface area contributed by atoms with E-state index in [1.165, 1.54) is 0 Å². The molecule has 0 radical (unpaired) electrons. The summed E-state index contributed by atoms with van der Waals surface area (Å²) in [7, 11) is 3.59. The monoisotopic (exact) mass is 434 g/mol. The van der Waals surface area contributed by atoms with Crippen LogP contribution < -0.4 is 14.5 Å². The number of ether oxygens (including phenoxy) is 1. The van der Waals surface area contributed by atoms with Crippen LogP contribution >= 0.6 is 0 Å². The zero-order chi connectivity index (χ0) is 22.4. The number of hydrogen-bond acceptors (Lipinski definition) is 5. The van der Waals surface area contributed by atoms with E-state index in [0.717, 1.165) is 42.2 Å². The number of fused-ring (bicyclic) bond motifs is 1. The minimum Gasteiger partial charge on any atom is -0.490 e. The van der Waals surface area contributed by atoms with E-state index >= 15 is 0 Å². The lowest BCUT2D eigenvalue weighted by Gasteiger charge is -2.37. The number of carbonyl (C=O) groups excluding carboxylic acids is 1. The van der Waals surface area contributed by atoms with Gasteiger partial charge in [0.25, 0.3) is 0 Å². The molecule has 166 valence electrons. The van der Waals surface area contributed by atoms with E-state index < -0.39 is 17.5 Å². The third-order valence-electron chi connectivity index (χ3n) is 6.25. The number of hydrogen-bond donors (Lipinski definition) is 0. The Balaban J connectivity index is 1.46. The van der Waals surface area contributed by atoms with Crippen LogP contribution in [0.15, 0.2) is 12.1 Å². The summed E-state index contributed by atoms with van der Waals surface area (Å²) in [5.41, 5.74) is 1.47. The average Bonchev–Trinajstić information content (AvgIpc) is 3.15. The van der Waals surface area contributed by atoms with Crippen molar-refractivity contribution in [1.82, 2.24) is 9.97 Å². The molecule has 0 N–H and O–H groups in total. The zero-order valence-corrected chi connectivity index (χ0v) is 18.0. The molecule has 2 heterocycles. The number of benzene rings is 1. The summed E-state index contributed by atoms with van der Waals surface area (Å²) < 4.78 is 45.7. The number of amides is 1. The second-order valence-electron chi connectivity index (χ2n) is 8.41. The van der Waals surface area contributed by atoms with Crippen LogP contribution in [0.3, 0.4) is 0 Å². The molecule has 31 heavy (non-hydrogen) atoms. The number of rotatable bonds is 4. The van der Waals surface area contributed by atoms with Crippen LogP contribution in [0.5, 0.6) is 5.75 Å². The summed E-state index contributed by atoms with van der Waals surface area (Å²) in [6.45, 7) is 3.72. The maximum absolute atomic E-state index is 13.4. The molecule has 1 saturated carbocycles. The van der Waals surface area contributed by atoms with E-state index in [0.29, 0.717) is 18.7 Å². The van der Waals surface area contributed by atoms with Crippen molar-refractivity contribution in [2.75, 3.05) is 23.9 Å². The number of nitrogens with zero attached hydrogens (tertiary/aromatic N) is 4. The topological polar surface area (TPSA) is 58.6 Å². The van der Waals surface area contributed by atoms with E-state index in [1.807, 2.05) is 25.8 Å². The van der Waals surface area contributed by atoms with Crippen LogP contribution in [0.1, 0.15) is 37.7 Å². The third kappa shape index (κ3) is 3.93. The van der Waals surface area contributed by atoms with Crippen molar-refractivity contribution in [2.24, 2.45) is 5.92 Å². The second-order valence-corrected chi connectivity index (χ2v) is 8.41. The highest BCUT2D eigenvalue weighted by Crippen LogP contribution is 2.36. The van der Waals surface area contributed by atoms with Gasteiger partial charge in [0.2, 0.25) is 5.91 Å². The first-order valence-corrected chi connectivity index (χ1v) is 10.3. The second kappa shape index (κ2) is 8.01. The first-order chi connectivity index (χ1) is 14.7. The molecule has 0 bridgehead atoms. The molecule has 2 aliphatic rings. The van der Waals surface area contributed by atoms with Gasteiger partial charge in [0, 0.05) is 32.6 Å². The van der Waals surface area contributed by atoms with Gasteiger partial charge in [-0.15, -0.1) is 0 Å². The van der Waals surface area contributed by atoms with E-state index in [1.54, 1.807) is 11.9 Å². The number of aryl methyl sites for hydroxylation is 1. The first-order valence-electron chi connectivity index (χ1n) is 10.3. The molecule has 1 aliphatic carbocycles. The van der Waals surface area contributed by atoms with Gasteiger partial charge in [0.15, 0.2) is 23.3 Å². The van der Waals surface area contributed by atoms with Crippen LogP contribution in [0, 0.1) is 30.3 Å². The molecular weight excluding hydrogens is 409 g/mol. The molecule has 1 aliphatic heterocycles. The van der Waals surface area contributed by atoms with Gasteiger partial charge >= 0.3 is 0 Å². The van der Waals surface area contributed by atoms with Gasteiger partial charge in [0.05, 0.1) is 11.8 Å². The summed E-state index contributed by atoms with van der Waals surface area (Å²) >= 11 is 0. The van der Waals surface area contributed by atoms with E-state index in [4.69, 9.17) is 9.72 Å². The molecule has 0 saturated heterocycles. The molecule has 3 atom stereocenters. The Kier molecular flexibility index (Phi) is 5.53. The Morgan fingerprint density at radius 2 is 1.81 bits per heavy atom. The highest BCUT2D eigenvalue weighted by atomic mass is 19.2. The van der Waals surface area contributed by atoms with Crippen LogP contribution in [-0.2, 0) is 11.2 Å². The van der Waals surface area contributed by atoms with Crippen LogP contribution in [0.25, 0.3) is 0 Å². The van der Waals surface area contributed by atoms with E-state index in [2.05, 4.69) is 4.98 Å². The Bertz CT molecular complexity index is 1010. The van der Waals surface area contributed by atoms with Crippen molar-refractivity contribution in [3.05, 3.63) is 41.1 Å². The summed E-state index contributed by atoms with van der Waals surface area (Å²) in [4.78, 5) is 25.2. The summed E-state index contributed by atoms with van der Waals surface area (Å²) in [6, 6.07) is 1.44. The standard InChI is InChI=1S/C22H25F3N4O2/c1-11-20-21(28(3)12(2)22(30)29(20)4)27-18(26-11)8-13-5-6-14(7-13)31-15-9-16(23)19(25)17(24)10-15/h9-10,12-14H,5-8H2,1-4H3/t12-,13+,14+/m0/s1. The van der Waals surface area contributed by atoms with Crippen molar-refractivity contribution in [3.63, 3.8) is 0 Å². The highest BCUT2D eigenvalue weighted by Gasteiger charge is 2.35. The van der Waals surface area contributed by atoms with Gasteiger partial charge in [-0.05, 0) is 39.0 Å². The fourth-order valence-corrected chi connectivity index (χ4v) is 4.45. The smallest absolute Gasteiger partial charge is 0.249 e. The van der Waals surface area contributed by atoms with Crippen molar-refractivity contribution in [2.45, 2.75) is 51.7 Å². The fraction of sp³-hybridized carbons (Fsp3) is 0.500. The summed E-state index contributed by atoms with van der Waals surface area (Å²) in [6.07, 6.45) is 2.70. The number of aromatic nitrogens is 2. The Morgan fingerprint density at radius 3 is 2.48 bits per heavy atom. The minimum absolute atomic E-state index is 0.00102. The largest absolute Gasteiger partial charge is 0.490 e. The Morgan fingerprint density at radius 1 is 1.13 bits per heavy atom. The maximum atomic E-state index is 13.4. The molecule has 9 heteroatoms. The molecule has 0 unspecified atom stereocenters. The quantitative estimate of drug-likeness (QED) is 0.686. The molecule has 1 fully saturated rings. The van der Waals surface area contributed by atoms with Crippen LogP contribution in [0.4, 0.5) is 24.7 Å². The van der Waals surface area contributed by atoms with Crippen molar-refractivity contribution >= 4 is 17.4 Å². The van der Waals surface area contributed by atoms with Gasteiger partial charge in [-0.2, -0.15) is 0 Å². The number of anilines is 2. The number of likely N-dealkylation sites (N-methyl/N-ethyl adjacent to an activating group) is 2. The van der Waals surface area contributed by atoms with Gasteiger partial charge < -0.3 is 14.5 Å². The van der Waals surface area contributed by atoms with Gasteiger partial charge in [-0.25, -0.2) is 23.1 Å². The highest BCUT2D eigenvalue weighted by molar-refractivity contribution is 6.04. The first kappa shape index (κ1) is 21.4. The zero-order valence-electron chi connectivity index (χ0n) is 18.0. The third-order valence-corrected chi connectivity index (χ3v) is 6.25. The predicted octanol–water partition coefficient (Wildman–Crippen LogP) is 3.79. The molecule has 2 aromatic rings. The normalized spacial score (nSPS) is 23.3. The fourth-order valence-electron chi connectivity index (χ4n) is 4.45. The molecule has 1 aromatic heterocycles. The lowest BCUT2D eigenvalue weighted by molar-refractivity contribution is -0.119. The lowest BCUT2D eigenvalue weighted by Crippen LogP contribution is -2.50. The van der Waals surface area contributed by atoms with Crippen molar-refractivity contribution in [3.8, 4) is 5.75 Å². The number of halogens is 3. The molecule has 1 amide bonds. The molecule has 6 nitrogen and oxygen atoms in total. The summed E-state index contributed by atoms with van der Waals surface area (Å²) in [5, 5.41) is 0. The molecule has 4 rings (SSSR count). The predicted molar refractivity (Wildman–Crippen MR) is 110 cm³/mol. The minimum atomic E-state index is -1.50.